The quantitative estimate of drug-likeness (QED) is 0.0261. The van der Waals surface area contributed by atoms with Crippen LogP contribution in [0, 0.1) is 0 Å². The van der Waals surface area contributed by atoms with Crippen molar-refractivity contribution in [2.45, 2.75) is 410 Å². The predicted molar refractivity (Wildman–Crippen MR) is 341 cm³/mol. The summed E-state index contributed by atoms with van der Waals surface area (Å²) in [6, 6.07) is -0.718. The van der Waals surface area contributed by atoms with Crippen LogP contribution in [0.3, 0.4) is 0 Å². The summed E-state index contributed by atoms with van der Waals surface area (Å²) in [6.45, 7) is 3.89. The van der Waals surface area contributed by atoms with Gasteiger partial charge in [-0.1, -0.05) is 340 Å². The van der Waals surface area contributed by atoms with Crippen LogP contribution in [0.1, 0.15) is 367 Å². The lowest BCUT2D eigenvalue weighted by molar-refractivity contribution is -0.302. The van der Waals surface area contributed by atoms with Gasteiger partial charge in [0.05, 0.1) is 25.4 Å². The number of hydrogen-bond donors (Lipinski definition) is 6. The standard InChI is InChI=1S/C71H137NO8/c1-3-5-7-9-11-13-15-17-19-21-23-25-26-27-28-29-30-31-32-33-34-35-36-37-38-39-40-41-43-45-47-49-51-53-55-57-59-61-67(75)72-64(63-79-71-70(78)69(77)68(76)66(62-73)80-71)65(74)60-58-56-54-52-50-48-46-44-42-24-22-20-18-16-14-12-10-8-6-4-2/h28-29,31-32,64-66,68-71,73-74,76-78H,3-27,30,33-63H2,1-2H3,(H,72,75)/b29-28-,32-31-. The first kappa shape index (κ1) is 76.7. The van der Waals surface area contributed by atoms with Gasteiger partial charge in [-0.3, -0.25) is 4.79 Å². The van der Waals surface area contributed by atoms with Crippen molar-refractivity contribution in [2.75, 3.05) is 13.2 Å². The lowest BCUT2D eigenvalue weighted by Crippen LogP contribution is -2.60. The molecule has 1 fully saturated rings. The van der Waals surface area contributed by atoms with Gasteiger partial charge in [0.15, 0.2) is 6.29 Å². The Hall–Kier alpha value is -1.33. The van der Waals surface area contributed by atoms with Gasteiger partial charge in [0.1, 0.15) is 24.4 Å². The molecule has 0 radical (unpaired) electrons. The minimum absolute atomic E-state index is 0.133. The van der Waals surface area contributed by atoms with Gasteiger partial charge >= 0.3 is 0 Å². The monoisotopic (exact) mass is 1130 g/mol. The first-order chi connectivity index (χ1) is 39.3. The highest BCUT2D eigenvalue weighted by molar-refractivity contribution is 5.76. The molecule has 1 aliphatic heterocycles. The molecule has 1 heterocycles. The molecule has 9 nitrogen and oxygen atoms in total. The molecule has 7 atom stereocenters. The van der Waals surface area contributed by atoms with E-state index < -0.39 is 49.5 Å². The summed E-state index contributed by atoms with van der Waals surface area (Å²) < 4.78 is 11.4. The third-order valence-electron chi connectivity index (χ3n) is 17.3. The molecule has 0 bridgehead atoms. The molecular weight excluding hydrogens is 995 g/mol. The van der Waals surface area contributed by atoms with E-state index in [9.17, 15) is 30.3 Å². The zero-order valence-electron chi connectivity index (χ0n) is 53.1. The third-order valence-corrected chi connectivity index (χ3v) is 17.3. The van der Waals surface area contributed by atoms with E-state index in [4.69, 9.17) is 9.47 Å². The van der Waals surface area contributed by atoms with Crippen LogP contribution >= 0.6 is 0 Å². The zero-order valence-corrected chi connectivity index (χ0v) is 53.1. The first-order valence-corrected chi connectivity index (χ1v) is 35.5. The number of carbonyl (C=O) groups is 1. The number of allylic oxidation sites excluding steroid dienone is 4. The number of aliphatic hydroxyl groups is 5. The van der Waals surface area contributed by atoms with Crippen molar-refractivity contribution in [3.63, 3.8) is 0 Å². The summed E-state index contributed by atoms with van der Waals surface area (Å²) in [5.74, 6) is -0.137. The number of amides is 1. The molecule has 7 unspecified atom stereocenters. The normalized spacial score (nSPS) is 18.5. The minimum Gasteiger partial charge on any atom is -0.394 e. The van der Waals surface area contributed by atoms with Gasteiger partial charge < -0.3 is 40.3 Å². The second kappa shape index (κ2) is 60.8. The number of carbonyl (C=O) groups excluding carboxylic acids is 1. The second-order valence-corrected chi connectivity index (χ2v) is 25.0. The smallest absolute Gasteiger partial charge is 0.220 e. The van der Waals surface area contributed by atoms with Crippen LogP contribution in [-0.4, -0.2) is 87.5 Å². The highest BCUT2D eigenvalue weighted by Gasteiger charge is 2.44. The molecule has 1 amide bonds. The Labute approximate surface area is 496 Å². The highest BCUT2D eigenvalue weighted by atomic mass is 16.7. The van der Waals surface area contributed by atoms with Gasteiger partial charge in [-0.05, 0) is 44.9 Å². The van der Waals surface area contributed by atoms with Crippen molar-refractivity contribution in [3.8, 4) is 0 Å². The van der Waals surface area contributed by atoms with E-state index in [-0.39, 0.29) is 12.5 Å². The van der Waals surface area contributed by atoms with Crippen molar-refractivity contribution in [3.05, 3.63) is 24.3 Å². The maximum absolute atomic E-state index is 13.1. The lowest BCUT2D eigenvalue weighted by Gasteiger charge is -2.40. The molecular formula is C71H137NO8. The summed E-state index contributed by atoms with van der Waals surface area (Å²) >= 11 is 0. The van der Waals surface area contributed by atoms with E-state index in [0.29, 0.717) is 12.8 Å². The Morgan fingerprint density at radius 2 is 0.738 bits per heavy atom. The van der Waals surface area contributed by atoms with E-state index in [1.165, 1.54) is 295 Å². The molecule has 1 aliphatic rings. The Bertz CT molecular complexity index is 1310. The first-order valence-electron chi connectivity index (χ1n) is 35.5. The number of unbranched alkanes of at least 4 members (excludes halogenated alkanes) is 49. The summed E-state index contributed by atoms with van der Waals surface area (Å²) in [5.41, 5.74) is 0. The van der Waals surface area contributed by atoms with E-state index in [1.54, 1.807) is 0 Å². The molecule has 1 saturated heterocycles. The molecule has 6 N–H and O–H groups in total. The topological polar surface area (TPSA) is 149 Å². The minimum atomic E-state index is -1.55. The van der Waals surface area contributed by atoms with Gasteiger partial charge in [-0.2, -0.15) is 0 Å². The Morgan fingerprint density at radius 3 is 1.07 bits per heavy atom. The number of ether oxygens (including phenoxy) is 2. The van der Waals surface area contributed by atoms with Gasteiger partial charge in [0.2, 0.25) is 5.91 Å². The van der Waals surface area contributed by atoms with Crippen LogP contribution in [0.25, 0.3) is 0 Å². The van der Waals surface area contributed by atoms with Crippen LogP contribution in [0.5, 0.6) is 0 Å². The van der Waals surface area contributed by atoms with Crippen LogP contribution in [-0.2, 0) is 14.3 Å². The molecule has 0 aromatic rings. The predicted octanol–water partition coefficient (Wildman–Crippen LogP) is 19.3. The van der Waals surface area contributed by atoms with E-state index >= 15 is 0 Å². The molecule has 0 aromatic carbocycles. The molecule has 9 heteroatoms. The summed E-state index contributed by atoms with van der Waals surface area (Å²) in [6.07, 6.45) is 72.6. The van der Waals surface area contributed by atoms with Gasteiger partial charge in [-0.25, -0.2) is 0 Å². The van der Waals surface area contributed by atoms with Crippen molar-refractivity contribution in [1.29, 1.82) is 0 Å². The van der Waals surface area contributed by atoms with Crippen LogP contribution in [0.4, 0.5) is 0 Å². The lowest BCUT2D eigenvalue weighted by atomic mass is 9.99. The molecule has 80 heavy (non-hydrogen) atoms. The van der Waals surface area contributed by atoms with Crippen molar-refractivity contribution in [2.24, 2.45) is 0 Å². The van der Waals surface area contributed by atoms with Gasteiger partial charge in [-0.15, -0.1) is 0 Å². The fourth-order valence-corrected chi connectivity index (χ4v) is 11.7. The summed E-state index contributed by atoms with van der Waals surface area (Å²) in [4.78, 5) is 13.1. The molecule has 0 aliphatic carbocycles. The molecule has 0 saturated carbocycles. The Morgan fingerprint density at radius 1 is 0.425 bits per heavy atom. The summed E-state index contributed by atoms with van der Waals surface area (Å²) in [5, 5.41) is 54.9. The van der Waals surface area contributed by atoms with E-state index in [2.05, 4.69) is 43.5 Å². The molecule has 0 spiro atoms. The van der Waals surface area contributed by atoms with Crippen LogP contribution < -0.4 is 5.32 Å². The molecule has 1 rings (SSSR count). The fourth-order valence-electron chi connectivity index (χ4n) is 11.7. The largest absolute Gasteiger partial charge is 0.394 e. The van der Waals surface area contributed by atoms with Gasteiger partial charge in [0.25, 0.3) is 0 Å². The maximum atomic E-state index is 13.1. The molecule has 0 aromatic heterocycles. The average Bonchev–Trinajstić information content (AvgIpc) is 3.46. The average molecular weight is 1130 g/mol. The van der Waals surface area contributed by atoms with Crippen LogP contribution in [0.15, 0.2) is 24.3 Å². The van der Waals surface area contributed by atoms with Crippen molar-refractivity contribution < 1.29 is 39.8 Å². The molecule has 474 valence electrons. The van der Waals surface area contributed by atoms with Crippen molar-refractivity contribution >= 4 is 5.91 Å². The Balaban J connectivity index is 2.06. The maximum Gasteiger partial charge on any atom is 0.220 e. The third kappa shape index (κ3) is 49.0. The Kier molecular flexibility index (Phi) is 58.3. The van der Waals surface area contributed by atoms with E-state index in [1.807, 2.05) is 0 Å². The van der Waals surface area contributed by atoms with E-state index in [0.717, 1.165) is 44.9 Å². The zero-order chi connectivity index (χ0) is 57.9. The van der Waals surface area contributed by atoms with Crippen LogP contribution in [0.2, 0.25) is 0 Å². The number of aliphatic hydroxyl groups excluding tert-OH is 5. The number of nitrogens with one attached hydrogen (secondary N) is 1. The summed E-state index contributed by atoms with van der Waals surface area (Å²) in [7, 11) is 0. The number of hydrogen-bond acceptors (Lipinski definition) is 8. The second-order valence-electron chi connectivity index (χ2n) is 25.0. The van der Waals surface area contributed by atoms with Gasteiger partial charge in [0, 0.05) is 6.42 Å². The highest BCUT2D eigenvalue weighted by Crippen LogP contribution is 2.24. The fraction of sp³-hybridized carbons (Fsp3) is 0.930. The number of rotatable bonds is 63. The van der Waals surface area contributed by atoms with Crippen molar-refractivity contribution in [1.82, 2.24) is 5.32 Å². The SMILES string of the molecule is CCCCCCCCCCCCCCC/C=C\C/C=C\CCCCCCCCCCCCCCCCCCCC(=O)NC(COC1OC(CO)C(O)C(O)C1O)C(O)CCCCCCCCCCCCCCCCCCCCCC.